The van der Waals surface area contributed by atoms with E-state index in [-0.39, 0.29) is 5.41 Å². The van der Waals surface area contributed by atoms with Crippen LogP contribution in [0.15, 0.2) is 84.9 Å². The molecule has 0 bridgehead atoms. The average Bonchev–Trinajstić information content (AvgIpc) is 2.63. The van der Waals surface area contributed by atoms with Gasteiger partial charge in [0, 0.05) is 0 Å². The predicted octanol–water partition coefficient (Wildman–Crippen LogP) is 5.51. The number of hydrogen-bond donors (Lipinski definition) is 0. The lowest BCUT2D eigenvalue weighted by atomic mass is 9.87. The Bertz CT molecular complexity index is 755. The zero-order valence-electron chi connectivity index (χ0n) is 15.4. The van der Waals surface area contributed by atoms with Crippen LogP contribution in [0.5, 0.6) is 17.2 Å². The smallest absolute Gasteiger partial charge is 0.490 e. The minimum absolute atomic E-state index is 0.0962. The molecule has 0 amide bonds. The van der Waals surface area contributed by atoms with E-state index in [4.69, 9.17) is 14.0 Å². The topological polar surface area (TPSA) is 27.7 Å². The van der Waals surface area contributed by atoms with Crippen molar-refractivity contribution in [2.24, 2.45) is 0 Å². The fourth-order valence-electron chi connectivity index (χ4n) is 2.44. The second-order valence-electron chi connectivity index (χ2n) is 7.04. The normalized spacial score (nSPS) is 10.9. The van der Waals surface area contributed by atoms with Crippen LogP contribution in [0.4, 0.5) is 0 Å². The zero-order valence-corrected chi connectivity index (χ0v) is 15.4. The molecule has 3 aromatic rings. The Balaban J connectivity index is 1.76. The van der Waals surface area contributed by atoms with Gasteiger partial charge in [-0.15, -0.1) is 0 Å². The Morgan fingerprint density at radius 1 is 0.538 bits per heavy atom. The van der Waals surface area contributed by atoms with Crippen LogP contribution in [0, 0.1) is 0 Å². The van der Waals surface area contributed by atoms with Crippen LogP contribution in [0.3, 0.4) is 0 Å². The van der Waals surface area contributed by atoms with E-state index in [0.29, 0.717) is 17.2 Å². The SMILES string of the molecule is CC(C)(C)c1ccc(OB(Oc2ccccc2)Oc2ccccc2)cc1. The standard InChI is InChI=1S/C22H23BO3/c1-22(2,3)18-14-16-21(17-15-18)26-23(24-19-10-6-4-7-11-19)25-20-12-8-5-9-13-20/h4-17H,1-3H3. The summed E-state index contributed by atoms with van der Waals surface area (Å²) in [5.74, 6) is 2.05. The molecule has 0 fully saturated rings. The summed E-state index contributed by atoms with van der Waals surface area (Å²) >= 11 is 0. The van der Waals surface area contributed by atoms with Gasteiger partial charge in [-0.25, -0.2) is 0 Å². The first-order valence-electron chi connectivity index (χ1n) is 8.71. The van der Waals surface area contributed by atoms with E-state index in [9.17, 15) is 0 Å². The Kier molecular flexibility index (Phi) is 5.52. The van der Waals surface area contributed by atoms with Gasteiger partial charge in [0.1, 0.15) is 17.2 Å². The van der Waals surface area contributed by atoms with Crippen LogP contribution in [0.1, 0.15) is 26.3 Å². The second-order valence-corrected chi connectivity index (χ2v) is 7.04. The monoisotopic (exact) mass is 346 g/mol. The molecule has 0 spiro atoms. The Hall–Kier alpha value is -2.88. The summed E-state index contributed by atoms with van der Waals surface area (Å²) in [6, 6.07) is 27.0. The molecule has 26 heavy (non-hydrogen) atoms. The van der Waals surface area contributed by atoms with Crippen LogP contribution in [0.2, 0.25) is 0 Å². The van der Waals surface area contributed by atoms with E-state index >= 15 is 0 Å². The van der Waals surface area contributed by atoms with Crippen LogP contribution in [0.25, 0.3) is 0 Å². The molecule has 0 unspecified atom stereocenters. The van der Waals surface area contributed by atoms with Crippen molar-refractivity contribution in [3.05, 3.63) is 90.5 Å². The molecule has 0 N–H and O–H groups in total. The number of benzene rings is 3. The highest BCUT2D eigenvalue weighted by Crippen LogP contribution is 2.25. The lowest BCUT2D eigenvalue weighted by Crippen LogP contribution is -2.36. The van der Waals surface area contributed by atoms with Gasteiger partial charge in [-0.2, -0.15) is 0 Å². The van der Waals surface area contributed by atoms with Crippen molar-refractivity contribution in [2.75, 3.05) is 0 Å². The quantitative estimate of drug-likeness (QED) is 0.551. The molecule has 0 aliphatic heterocycles. The molecule has 4 heteroatoms. The summed E-state index contributed by atoms with van der Waals surface area (Å²) in [7, 11) is -0.889. The molecule has 3 rings (SSSR count). The molecule has 0 heterocycles. The molecule has 0 atom stereocenters. The summed E-state index contributed by atoms with van der Waals surface area (Å²) in [4.78, 5) is 0. The van der Waals surface area contributed by atoms with Gasteiger partial charge in [-0.1, -0.05) is 69.3 Å². The van der Waals surface area contributed by atoms with Crippen LogP contribution < -0.4 is 14.0 Å². The molecule has 3 nitrogen and oxygen atoms in total. The zero-order chi connectivity index (χ0) is 18.4. The molecule has 132 valence electrons. The lowest BCUT2D eigenvalue weighted by Gasteiger charge is -2.20. The van der Waals surface area contributed by atoms with E-state index < -0.39 is 7.32 Å². The first kappa shape index (κ1) is 17.9. The van der Waals surface area contributed by atoms with Crippen molar-refractivity contribution in [3.8, 4) is 17.2 Å². The highest BCUT2D eigenvalue weighted by molar-refractivity contribution is 6.39. The van der Waals surface area contributed by atoms with Gasteiger partial charge in [0.25, 0.3) is 0 Å². The van der Waals surface area contributed by atoms with E-state index in [1.165, 1.54) is 5.56 Å². The third-order valence-corrected chi connectivity index (χ3v) is 3.90. The predicted molar refractivity (Wildman–Crippen MR) is 106 cm³/mol. The van der Waals surface area contributed by atoms with E-state index in [1.54, 1.807) is 0 Å². The lowest BCUT2D eigenvalue weighted by molar-refractivity contribution is 0.307. The maximum Gasteiger partial charge on any atom is 0.864 e. The fourth-order valence-corrected chi connectivity index (χ4v) is 2.44. The van der Waals surface area contributed by atoms with Crippen molar-refractivity contribution in [2.45, 2.75) is 26.2 Å². The molecule has 0 aliphatic rings. The maximum atomic E-state index is 5.95. The van der Waals surface area contributed by atoms with Gasteiger partial charge in [0.15, 0.2) is 0 Å². The minimum atomic E-state index is -0.889. The third kappa shape index (κ3) is 5.06. The Morgan fingerprint density at radius 3 is 1.31 bits per heavy atom. The molecular formula is C22H23BO3. The van der Waals surface area contributed by atoms with Crippen molar-refractivity contribution in [3.63, 3.8) is 0 Å². The van der Waals surface area contributed by atoms with Crippen molar-refractivity contribution in [1.29, 1.82) is 0 Å². The maximum absolute atomic E-state index is 5.95. The van der Waals surface area contributed by atoms with E-state index in [0.717, 1.165) is 0 Å². The first-order valence-corrected chi connectivity index (χ1v) is 8.71. The summed E-state index contributed by atoms with van der Waals surface area (Å²) in [6.45, 7) is 6.55. The van der Waals surface area contributed by atoms with Gasteiger partial charge < -0.3 is 14.0 Å². The van der Waals surface area contributed by atoms with Crippen LogP contribution >= 0.6 is 0 Å². The highest BCUT2D eigenvalue weighted by Gasteiger charge is 2.30. The van der Waals surface area contributed by atoms with E-state index in [2.05, 4.69) is 32.9 Å². The van der Waals surface area contributed by atoms with Gasteiger partial charge >= 0.3 is 7.32 Å². The highest BCUT2D eigenvalue weighted by atomic mass is 16.7. The van der Waals surface area contributed by atoms with E-state index in [1.807, 2.05) is 72.8 Å². The minimum Gasteiger partial charge on any atom is -0.490 e. The largest absolute Gasteiger partial charge is 0.864 e. The average molecular weight is 346 g/mol. The van der Waals surface area contributed by atoms with Gasteiger partial charge in [0.2, 0.25) is 0 Å². The molecule has 0 saturated heterocycles. The molecular weight excluding hydrogens is 323 g/mol. The van der Waals surface area contributed by atoms with Crippen molar-refractivity contribution in [1.82, 2.24) is 0 Å². The Morgan fingerprint density at radius 2 is 0.923 bits per heavy atom. The molecule has 0 saturated carbocycles. The Labute approximate surface area is 155 Å². The van der Waals surface area contributed by atoms with Crippen molar-refractivity contribution < 1.29 is 14.0 Å². The summed E-state index contributed by atoms with van der Waals surface area (Å²) in [5.41, 5.74) is 1.34. The van der Waals surface area contributed by atoms with Crippen molar-refractivity contribution >= 4 is 7.32 Å². The summed E-state index contributed by atoms with van der Waals surface area (Å²) in [5, 5.41) is 0. The second kappa shape index (κ2) is 8.00. The number of rotatable bonds is 6. The van der Waals surface area contributed by atoms with Crippen LogP contribution in [-0.4, -0.2) is 7.32 Å². The molecule has 0 aliphatic carbocycles. The molecule has 0 radical (unpaired) electrons. The summed E-state index contributed by atoms with van der Waals surface area (Å²) < 4.78 is 17.7. The van der Waals surface area contributed by atoms with Gasteiger partial charge in [0.05, 0.1) is 0 Å². The third-order valence-electron chi connectivity index (χ3n) is 3.90. The number of hydrogen-bond acceptors (Lipinski definition) is 3. The summed E-state index contributed by atoms with van der Waals surface area (Å²) in [6.07, 6.45) is 0. The van der Waals surface area contributed by atoms with Crippen LogP contribution in [-0.2, 0) is 5.41 Å². The molecule has 0 aromatic heterocycles. The van der Waals surface area contributed by atoms with Gasteiger partial charge in [-0.05, 0) is 47.4 Å². The fraction of sp³-hybridized carbons (Fsp3) is 0.182. The van der Waals surface area contributed by atoms with Gasteiger partial charge in [-0.3, -0.25) is 0 Å². The molecule has 3 aromatic carbocycles. The number of para-hydroxylation sites is 2. The first-order chi connectivity index (χ1) is 12.5.